The first-order valence-electron chi connectivity index (χ1n) is 10.9. The monoisotopic (exact) mass is 463 g/mol. The Morgan fingerprint density at radius 2 is 1.43 bits per heavy atom. The summed E-state index contributed by atoms with van der Waals surface area (Å²) in [5.41, 5.74) is 2.48. The van der Waals surface area contributed by atoms with Gasteiger partial charge in [0.1, 0.15) is 17.2 Å². The molecule has 0 aliphatic rings. The lowest BCUT2D eigenvalue weighted by Gasteiger charge is -2.09. The molecule has 0 spiro atoms. The minimum atomic E-state index is -0.249. The predicted molar refractivity (Wildman–Crippen MR) is 132 cm³/mol. The maximum Gasteiger partial charge on any atom is 0.255 e. The van der Waals surface area contributed by atoms with Gasteiger partial charge in [-0.3, -0.25) is 4.79 Å². The second kappa shape index (κ2) is 9.88. The smallest absolute Gasteiger partial charge is 0.255 e. The van der Waals surface area contributed by atoms with E-state index < -0.39 is 0 Å². The van der Waals surface area contributed by atoms with Gasteiger partial charge in [-0.25, -0.2) is 0 Å². The number of tetrazole rings is 1. The highest BCUT2D eigenvalue weighted by atomic mass is 16.5. The summed E-state index contributed by atoms with van der Waals surface area (Å²) in [7, 11) is 1.58. The zero-order valence-electron chi connectivity index (χ0n) is 18.8. The van der Waals surface area contributed by atoms with Crippen LogP contribution in [-0.4, -0.2) is 33.2 Å². The molecule has 0 aliphatic carbocycles. The summed E-state index contributed by atoms with van der Waals surface area (Å²) in [6.07, 6.45) is 0. The fraction of sp³-hybridized carbons (Fsp3) is 0.0370. The predicted octanol–water partition coefficient (Wildman–Crippen LogP) is 5.38. The van der Waals surface area contributed by atoms with Gasteiger partial charge in [0.15, 0.2) is 0 Å². The van der Waals surface area contributed by atoms with Crippen LogP contribution in [0.15, 0.2) is 103 Å². The number of nitrogens with one attached hydrogen (secondary N) is 1. The van der Waals surface area contributed by atoms with Crippen LogP contribution in [0.25, 0.3) is 17.1 Å². The van der Waals surface area contributed by atoms with Crippen molar-refractivity contribution in [2.75, 3.05) is 12.4 Å². The lowest BCUT2D eigenvalue weighted by Crippen LogP contribution is -2.12. The molecule has 0 unspecified atom stereocenters. The number of amides is 1. The van der Waals surface area contributed by atoms with Crippen LogP contribution in [0, 0.1) is 0 Å². The molecule has 0 aliphatic heterocycles. The number of hydrogen-bond acceptors (Lipinski definition) is 6. The Labute approximate surface area is 201 Å². The molecular weight excluding hydrogens is 442 g/mol. The van der Waals surface area contributed by atoms with Crippen LogP contribution in [-0.2, 0) is 0 Å². The SMILES string of the molecule is COc1ccc(C(=O)Nc2ccccc2-c2nnn(-c3ccc(Oc4ccccc4)cc3)n2)cc1. The number of aromatic nitrogens is 4. The van der Waals surface area contributed by atoms with E-state index in [1.807, 2.05) is 72.8 Å². The first kappa shape index (κ1) is 21.8. The van der Waals surface area contributed by atoms with E-state index in [1.165, 1.54) is 4.80 Å². The molecule has 1 amide bonds. The Hall–Kier alpha value is -4.98. The van der Waals surface area contributed by atoms with Gasteiger partial charge in [0.05, 0.1) is 18.5 Å². The molecule has 8 heteroatoms. The van der Waals surface area contributed by atoms with E-state index >= 15 is 0 Å². The van der Waals surface area contributed by atoms with Gasteiger partial charge in [-0.1, -0.05) is 30.3 Å². The van der Waals surface area contributed by atoms with Crippen LogP contribution in [0.4, 0.5) is 5.69 Å². The molecule has 0 saturated heterocycles. The number of ether oxygens (including phenoxy) is 2. The summed E-state index contributed by atoms with van der Waals surface area (Å²) < 4.78 is 11.0. The van der Waals surface area contributed by atoms with E-state index in [4.69, 9.17) is 9.47 Å². The molecule has 8 nitrogen and oxygen atoms in total. The van der Waals surface area contributed by atoms with Crippen LogP contribution in [0.5, 0.6) is 17.2 Å². The summed E-state index contributed by atoms with van der Waals surface area (Å²) in [5.74, 6) is 2.28. The van der Waals surface area contributed by atoms with Crippen LogP contribution in [0.2, 0.25) is 0 Å². The average Bonchev–Trinajstić information content (AvgIpc) is 3.40. The lowest BCUT2D eigenvalue weighted by atomic mass is 10.1. The summed E-state index contributed by atoms with van der Waals surface area (Å²) in [6.45, 7) is 0. The largest absolute Gasteiger partial charge is 0.497 e. The van der Waals surface area contributed by atoms with Crippen molar-refractivity contribution in [3.8, 4) is 34.3 Å². The second-order valence-electron chi connectivity index (χ2n) is 7.54. The number of hydrogen-bond donors (Lipinski definition) is 1. The molecule has 0 atom stereocenters. The molecule has 5 rings (SSSR count). The van der Waals surface area contributed by atoms with Gasteiger partial charge in [-0.05, 0) is 78.0 Å². The maximum absolute atomic E-state index is 12.8. The Morgan fingerprint density at radius 1 is 0.771 bits per heavy atom. The summed E-state index contributed by atoms with van der Waals surface area (Å²) in [4.78, 5) is 14.2. The van der Waals surface area contributed by atoms with Crippen molar-refractivity contribution in [2.45, 2.75) is 0 Å². The van der Waals surface area contributed by atoms with E-state index in [0.29, 0.717) is 34.1 Å². The van der Waals surface area contributed by atoms with Crippen LogP contribution >= 0.6 is 0 Å². The number of para-hydroxylation sites is 2. The topological polar surface area (TPSA) is 91.2 Å². The Balaban J connectivity index is 1.33. The first-order chi connectivity index (χ1) is 17.2. The minimum Gasteiger partial charge on any atom is -0.497 e. The second-order valence-corrected chi connectivity index (χ2v) is 7.54. The third kappa shape index (κ3) is 5.01. The van der Waals surface area contributed by atoms with Gasteiger partial charge in [0, 0.05) is 11.1 Å². The lowest BCUT2D eigenvalue weighted by molar-refractivity contribution is 0.102. The van der Waals surface area contributed by atoms with Gasteiger partial charge in [-0.2, -0.15) is 0 Å². The number of carbonyl (C=O) groups excluding carboxylic acids is 1. The quantitative estimate of drug-likeness (QED) is 0.348. The highest BCUT2D eigenvalue weighted by Crippen LogP contribution is 2.26. The third-order valence-electron chi connectivity index (χ3n) is 5.23. The number of methoxy groups -OCH3 is 1. The van der Waals surface area contributed by atoms with Gasteiger partial charge >= 0.3 is 0 Å². The van der Waals surface area contributed by atoms with Crippen molar-refractivity contribution in [2.24, 2.45) is 0 Å². The van der Waals surface area contributed by atoms with Crippen molar-refractivity contribution < 1.29 is 14.3 Å². The van der Waals surface area contributed by atoms with E-state index in [-0.39, 0.29) is 5.91 Å². The highest BCUT2D eigenvalue weighted by molar-refractivity contribution is 6.06. The van der Waals surface area contributed by atoms with Gasteiger partial charge < -0.3 is 14.8 Å². The van der Waals surface area contributed by atoms with Crippen LogP contribution in [0.1, 0.15) is 10.4 Å². The number of benzene rings is 4. The number of nitrogens with zero attached hydrogens (tertiary/aromatic N) is 4. The standard InChI is InChI=1S/C27H21N5O3/c1-34-21-15-11-19(12-16-21)27(33)28-25-10-6-5-9-24(25)26-29-31-32(30-26)20-13-17-23(18-14-20)35-22-7-3-2-4-8-22/h2-18H,1H3,(H,28,33). The fourth-order valence-electron chi connectivity index (χ4n) is 3.43. The van der Waals surface area contributed by atoms with Crippen LogP contribution < -0.4 is 14.8 Å². The zero-order valence-corrected chi connectivity index (χ0v) is 18.8. The number of rotatable bonds is 7. The molecule has 35 heavy (non-hydrogen) atoms. The van der Waals surface area contributed by atoms with Crippen molar-refractivity contribution in [3.63, 3.8) is 0 Å². The molecule has 1 heterocycles. The van der Waals surface area contributed by atoms with Crippen LogP contribution in [0.3, 0.4) is 0 Å². The van der Waals surface area contributed by atoms with Gasteiger partial charge in [-0.15, -0.1) is 15.0 Å². The molecule has 0 saturated carbocycles. The van der Waals surface area contributed by atoms with Crippen molar-refractivity contribution in [3.05, 3.63) is 109 Å². The Kier molecular flexibility index (Phi) is 6.17. The van der Waals surface area contributed by atoms with E-state index in [9.17, 15) is 4.79 Å². The van der Waals surface area contributed by atoms with E-state index in [2.05, 4.69) is 20.7 Å². The molecule has 0 fully saturated rings. The Bertz CT molecular complexity index is 1430. The zero-order chi connectivity index (χ0) is 24.0. The van der Waals surface area contributed by atoms with E-state index in [1.54, 1.807) is 37.4 Å². The summed E-state index contributed by atoms with van der Waals surface area (Å²) >= 11 is 0. The molecule has 5 aromatic rings. The van der Waals surface area contributed by atoms with Gasteiger partial charge in [0.2, 0.25) is 5.82 Å². The molecule has 172 valence electrons. The van der Waals surface area contributed by atoms with E-state index in [0.717, 1.165) is 11.4 Å². The molecule has 0 bridgehead atoms. The van der Waals surface area contributed by atoms with Gasteiger partial charge in [0.25, 0.3) is 5.91 Å². The Morgan fingerprint density at radius 3 is 2.17 bits per heavy atom. The van der Waals surface area contributed by atoms with Crippen molar-refractivity contribution in [1.82, 2.24) is 20.2 Å². The average molecular weight is 463 g/mol. The first-order valence-corrected chi connectivity index (χ1v) is 10.9. The normalized spacial score (nSPS) is 10.5. The minimum absolute atomic E-state index is 0.249. The molecule has 1 aromatic heterocycles. The van der Waals surface area contributed by atoms with Crippen molar-refractivity contribution in [1.29, 1.82) is 0 Å². The molecular formula is C27H21N5O3. The van der Waals surface area contributed by atoms with Crippen molar-refractivity contribution >= 4 is 11.6 Å². The molecule has 1 N–H and O–H groups in total. The number of carbonyl (C=O) groups is 1. The third-order valence-corrected chi connectivity index (χ3v) is 5.23. The fourth-order valence-corrected chi connectivity index (χ4v) is 3.43. The summed E-state index contributed by atoms with van der Waals surface area (Å²) in [6, 6.07) is 31.2. The molecule has 4 aromatic carbocycles. The number of anilines is 1. The summed E-state index contributed by atoms with van der Waals surface area (Å²) in [5, 5.41) is 15.8. The highest BCUT2D eigenvalue weighted by Gasteiger charge is 2.14. The maximum atomic E-state index is 12.8. The molecule has 0 radical (unpaired) electrons.